The molecule has 2 aliphatic rings. The number of nitrogens with zero attached hydrogens (tertiary/aromatic N) is 2. The lowest BCUT2D eigenvalue weighted by atomic mass is 10.1. The van der Waals surface area contributed by atoms with E-state index < -0.39 is 0 Å². The molecular formula is C15H18N2O2. The second-order valence-electron chi connectivity index (χ2n) is 4.98. The third-order valence-electron chi connectivity index (χ3n) is 3.74. The summed E-state index contributed by atoms with van der Waals surface area (Å²) in [5, 5.41) is 0. The normalized spacial score (nSPS) is 26.0. The number of urea groups is 1. The van der Waals surface area contributed by atoms with Gasteiger partial charge in [0.15, 0.2) is 5.88 Å². The molecule has 0 saturated carbocycles. The Kier molecular flexibility index (Phi) is 2.93. The SMILES string of the molecule is CC[C@@H]1COC2=C[C@@H](C)N(c3ccccc3)C(=O)N21. The van der Waals surface area contributed by atoms with Gasteiger partial charge in [0.25, 0.3) is 0 Å². The number of para-hydroxylation sites is 1. The van der Waals surface area contributed by atoms with Gasteiger partial charge in [0.1, 0.15) is 6.61 Å². The maximum Gasteiger partial charge on any atom is 0.332 e. The molecule has 2 atom stereocenters. The van der Waals surface area contributed by atoms with Gasteiger partial charge in [-0.15, -0.1) is 0 Å². The van der Waals surface area contributed by atoms with Crippen molar-refractivity contribution in [1.82, 2.24) is 4.90 Å². The van der Waals surface area contributed by atoms with Gasteiger partial charge in [-0.25, -0.2) is 4.79 Å². The monoisotopic (exact) mass is 258 g/mol. The van der Waals surface area contributed by atoms with Crippen molar-refractivity contribution in [3.8, 4) is 0 Å². The third kappa shape index (κ3) is 1.87. The first-order valence-corrected chi connectivity index (χ1v) is 6.74. The van der Waals surface area contributed by atoms with E-state index in [-0.39, 0.29) is 18.1 Å². The molecule has 0 unspecified atom stereocenters. The van der Waals surface area contributed by atoms with Crippen LogP contribution in [0.15, 0.2) is 42.3 Å². The quantitative estimate of drug-likeness (QED) is 0.817. The summed E-state index contributed by atoms with van der Waals surface area (Å²) in [7, 11) is 0. The lowest BCUT2D eigenvalue weighted by Gasteiger charge is -2.37. The molecule has 0 radical (unpaired) electrons. The molecular weight excluding hydrogens is 240 g/mol. The Hall–Kier alpha value is -1.97. The standard InChI is InChI=1S/C15H18N2O2/c1-3-12-10-19-14-9-11(2)16(15(18)17(12)14)13-7-5-4-6-8-13/h4-9,11-12H,3,10H2,1-2H3/t11-,12-/m1/s1. The van der Waals surface area contributed by atoms with Crippen molar-refractivity contribution in [2.24, 2.45) is 0 Å². The van der Waals surface area contributed by atoms with Crippen LogP contribution in [0.25, 0.3) is 0 Å². The topological polar surface area (TPSA) is 32.8 Å². The van der Waals surface area contributed by atoms with Gasteiger partial charge in [-0.05, 0) is 31.6 Å². The molecule has 0 bridgehead atoms. The molecule has 4 nitrogen and oxygen atoms in total. The largest absolute Gasteiger partial charge is 0.477 e. The van der Waals surface area contributed by atoms with E-state index in [0.717, 1.165) is 18.0 Å². The third-order valence-corrected chi connectivity index (χ3v) is 3.74. The molecule has 1 aromatic rings. The van der Waals surface area contributed by atoms with Gasteiger partial charge < -0.3 is 4.74 Å². The number of hydrogen-bond acceptors (Lipinski definition) is 2. The summed E-state index contributed by atoms with van der Waals surface area (Å²) in [6.07, 6.45) is 2.92. The number of rotatable bonds is 2. The van der Waals surface area contributed by atoms with Crippen LogP contribution in [-0.2, 0) is 4.74 Å². The number of carbonyl (C=O) groups excluding carboxylic acids is 1. The predicted octanol–water partition coefficient (Wildman–Crippen LogP) is 2.97. The number of carbonyl (C=O) groups is 1. The van der Waals surface area contributed by atoms with Crippen molar-refractivity contribution >= 4 is 11.7 Å². The van der Waals surface area contributed by atoms with Crippen LogP contribution in [-0.4, -0.2) is 29.6 Å². The van der Waals surface area contributed by atoms with E-state index in [1.165, 1.54) is 0 Å². The Balaban J connectivity index is 1.98. The van der Waals surface area contributed by atoms with Crippen molar-refractivity contribution in [1.29, 1.82) is 0 Å². The van der Waals surface area contributed by atoms with Crippen molar-refractivity contribution in [2.45, 2.75) is 32.4 Å². The lowest BCUT2D eigenvalue weighted by Crippen LogP contribution is -2.51. The van der Waals surface area contributed by atoms with Crippen LogP contribution >= 0.6 is 0 Å². The number of fused-ring (bicyclic) bond motifs is 1. The highest BCUT2D eigenvalue weighted by atomic mass is 16.5. The van der Waals surface area contributed by atoms with Crippen LogP contribution < -0.4 is 4.90 Å². The molecule has 2 heterocycles. The Morgan fingerprint density at radius 1 is 1.26 bits per heavy atom. The molecule has 2 aliphatic heterocycles. The Morgan fingerprint density at radius 3 is 2.68 bits per heavy atom. The number of hydrogen-bond donors (Lipinski definition) is 0. The average Bonchev–Trinajstić information content (AvgIpc) is 2.83. The zero-order valence-corrected chi connectivity index (χ0v) is 11.2. The second kappa shape index (κ2) is 4.61. The molecule has 1 saturated heterocycles. The molecule has 4 heteroatoms. The second-order valence-corrected chi connectivity index (χ2v) is 4.98. The summed E-state index contributed by atoms with van der Waals surface area (Å²) in [6, 6.07) is 9.96. The van der Waals surface area contributed by atoms with Crippen LogP contribution in [0.5, 0.6) is 0 Å². The van der Waals surface area contributed by atoms with Crippen LogP contribution in [0.4, 0.5) is 10.5 Å². The fraction of sp³-hybridized carbons (Fsp3) is 0.400. The number of ether oxygens (including phenoxy) is 1. The molecule has 0 spiro atoms. The molecule has 1 aromatic carbocycles. The molecule has 1 fully saturated rings. The highest BCUT2D eigenvalue weighted by Crippen LogP contribution is 2.32. The van der Waals surface area contributed by atoms with Crippen LogP contribution in [0, 0.1) is 0 Å². The zero-order chi connectivity index (χ0) is 13.4. The van der Waals surface area contributed by atoms with Crippen LogP contribution in [0.3, 0.4) is 0 Å². The summed E-state index contributed by atoms with van der Waals surface area (Å²) in [5.74, 6) is 0.719. The van der Waals surface area contributed by atoms with Gasteiger partial charge in [-0.3, -0.25) is 9.80 Å². The minimum absolute atomic E-state index is 0.0109. The molecule has 0 aliphatic carbocycles. The maximum absolute atomic E-state index is 12.7. The Morgan fingerprint density at radius 2 is 2.00 bits per heavy atom. The van der Waals surface area contributed by atoms with Crippen molar-refractivity contribution in [3.63, 3.8) is 0 Å². The molecule has 19 heavy (non-hydrogen) atoms. The zero-order valence-electron chi connectivity index (χ0n) is 11.2. The van der Waals surface area contributed by atoms with Crippen molar-refractivity contribution < 1.29 is 9.53 Å². The van der Waals surface area contributed by atoms with Gasteiger partial charge >= 0.3 is 6.03 Å². The van der Waals surface area contributed by atoms with E-state index in [0.29, 0.717) is 6.61 Å². The minimum Gasteiger partial charge on any atom is -0.477 e. The van der Waals surface area contributed by atoms with Gasteiger partial charge in [0, 0.05) is 5.69 Å². The maximum atomic E-state index is 12.7. The van der Waals surface area contributed by atoms with Crippen LogP contribution in [0.1, 0.15) is 20.3 Å². The summed E-state index contributed by atoms with van der Waals surface area (Å²) >= 11 is 0. The van der Waals surface area contributed by atoms with Crippen molar-refractivity contribution in [2.75, 3.05) is 11.5 Å². The first-order valence-electron chi connectivity index (χ1n) is 6.74. The number of benzene rings is 1. The van der Waals surface area contributed by atoms with E-state index in [1.54, 1.807) is 4.90 Å². The van der Waals surface area contributed by atoms with Gasteiger partial charge in [0.2, 0.25) is 0 Å². The summed E-state index contributed by atoms with van der Waals surface area (Å²) in [5.41, 5.74) is 0.928. The first kappa shape index (κ1) is 12.1. The van der Waals surface area contributed by atoms with E-state index in [4.69, 9.17) is 4.74 Å². The predicted molar refractivity (Wildman–Crippen MR) is 73.7 cm³/mol. The van der Waals surface area contributed by atoms with E-state index in [2.05, 4.69) is 6.92 Å². The smallest absolute Gasteiger partial charge is 0.332 e. The highest BCUT2D eigenvalue weighted by Gasteiger charge is 2.41. The highest BCUT2D eigenvalue weighted by molar-refractivity contribution is 5.95. The molecule has 3 rings (SSSR count). The summed E-state index contributed by atoms with van der Waals surface area (Å²) in [4.78, 5) is 16.3. The molecule has 0 N–H and O–H groups in total. The molecule has 100 valence electrons. The molecule has 0 aromatic heterocycles. The lowest BCUT2D eigenvalue weighted by molar-refractivity contribution is 0.194. The van der Waals surface area contributed by atoms with E-state index in [1.807, 2.05) is 48.2 Å². The minimum atomic E-state index is 0.0109. The van der Waals surface area contributed by atoms with Gasteiger partial charge in [0.05, 0.1) is 12.1 Å². The van der Waals surface area contributed by atoms with Gasteiger partial charge in [-0.2, -0.15) is 0 Å². The summed E-state index contributed by atoms with van der Waals surface area (Å²) < 4.78 is 5.62. The number of amides is 2. The van der Waals surface area contributed by atoms with E-state index in [9.17, 15) is 4.79 Å². The van der Waals surface area contributed by atoms with Crippen molar-refractivity contribution in [3.05, 3.63) is 42.3 Å². The fourth-order valence-electron chi connectivity index (χ4n) is 2.69. The van der Waals surface area contributed by atoms with Crippen LogP contribution in [0.2, 0.25) is 0 Å². The Bertz CT molecular complexity index is 512. The molecule has 2 amide bonds. The summed E-state index contributed by atoms with van der Waals surface area (Å²) in [6.45, 7) is 4.69. The van der Waals surface area contributed by atoms with Gasteiger partial charge in [-0.1, -0.05) is 25.1 Å². The Labute approximate surface area is 113 Å². The first-order chi connectivity index (χ1) is 9.22. The average molecular weight is 258 g/mol. The fourth-order valence-corrected chi connectivity index (χ4v) is 2.69. The number of anilines is 1. The van der Waals surface area contributed by atoms with E-state index >= 15 is 0 Å².